The summed E-state index contributed by atoms with van der Waals surface area (Å²) < 4.78 is 0. The average Bonchev–Trinajstić information content (AvgIpc) is 1.83. The van der Waals surface area contributed by atoms with Crippen LogP contribution < -0.4 is 5.32 Å². The second-order valence-electron chi connectivity index (χ2n) is 2.34. The van der Waals surface area contributed by atoms with Crippen LogP contribution in [0.25, 0.3) is 0 Å². The Labute approximate surface area is 55.0 Å². The van der Waals surface area contributed by atoms with Gasteiger partial charge < -0.3 is 4.90 Å². The summed E-state index contributed by atoms with van der Waals surface area (Å²) in [5.41, 5.74) is 0. The maximum absolute atomic E-state index is 11.0. The van der Waals surface area contributed by atoms with E-state index in [1.807, 2.05) is 14.0 Å². The zero-order valence-corrected chi connectivity index (χ0v) is 5.79. The fourth-order valence-electron chi connectivity index (χ4n) is 0.909. The molecule has 0 spiro atoms. The number of likely N-dealkylation sites (N-methyl/N-ethyl adjacent to an activating group) is 1. The molecule has 1 heterocycles. The van der Waals surface area contributed by atoms with Crippen molar-refractivity contribution in [2.24, 2.45) is 0 Å². The van der Waals surface area contributed by atoms with E-state index in [-0.39, 0.29) is 11.9 Å². The lowest BCUT2D eigenvalue weighted by Crippen LogP contribution is -2.48. The normalized spacial score (nSPS) is 28.9. The molecule has 0 aromatic carbocycles. The lowest BCUT2D eigenvalue weighted by atomic mass is 10.2. The maximum atomic E-state index is 11.0. The SMILES string of the molecule is CC1[N]CCN(C)C1=O. The third kappa shape index (κ3) is 1.21. The van der Waals surface area contributed by atoms with Crippen molar-refractivity contribution in [1.82, 2.24) is 10.2 Å². The van der Waals surface area contributed by atoms with E-state index >= 15 is 0 Å². The van der Waals surface area contributed by atoms with Crippen molar-refractivity contribution in [3.05, 3.63) is 0 Å². The Bertz CT molecular complexity index is 112. The molecule has 1 rings (SSSR count). The van der Waals surface area contributed by atoms with E-state index in [1.165, 1.54) is 0 Å². The van der Waals surface area contributed by atoms with Crippen molar-refractivity contribution in [2.75, 3.05) is 20.1 Å². The first-order valence-corrected chi connectivity index (χ1v) is 3.13. The summed E-state index contributed by atoms with van der Waals surface area (Å²) in [6, 6.07) is -0.108. The Morgan fingerprint density at radius 2 is 2.44 bits per heavy atom. The largest absolute Gasteiger partial charge is 0.343 e. The van der Waals surface area contributed by atoms with E-state index in [0.717, 1.165) is 13.1 Å². The van der Waals surface area contributed by atoms with Crippen LogP contribution in [-0.4, -0.2) is 37.0 Å². The van der Waals surface area contributed by atoms with Gasteiger partial charge in [0.15, 0.2) is 0 Å². The van der Waals surface area contributed by atoms with Crippen LogP contribution >= 0.6 is 0 Å². The summed E-state index contributed by atoms with van der Waals surface area (Å²) in [4.78, 5) is 12.7. The fourth-order valence-corrected chi connectivity index (χ4v) is 0.909. The predicted molar refractivity (Wildman–Crippen MR) is 34.1 cm³/mol. The van der Waals surface area contributed by atoms with Gasteiger partial charge in [0.25, 0.3) is 0 Å². The van der Waals surface area contributed by atoms with Crippen LogP contribution in [0.15, 0.2) is 0 Å². The van der Waals surface area contributed by atoms with E-state index < -0.39 is 0 Å². The summed E-state index contributed by atoms with van der Waals surface area (Å²) >= 11 is 0. The summed E-state index contributed by atoms with van der Waals surface area (Å²) in [5.74, 6) is 0.140. The van der Waals surface area contributed by atoms with Gasteiger partial charge in [-0.05, 0) is 6.92 Å². The molecule has 3 nitrogen and oxygen atoms in total. The van der Waals surface area contributed by atoms with Gasteiger partial charge in [0.05, 0.1) is 0 Å². The predicted octanol–water partition coefficient (Wildman–Crippen LogP) is -0.549. The van der Waals surface area contributed by atoms with Crippen LogP contribution in [0, 0.1) is 0 Å². The average molecular weight is 127 g/mol. The van der Waals surface area contributed by atoms with Crippen molar-refractivity contribution in [1.29, 1.82) is 0 Å². The van der Waals surface area contributed by atoms with Gasteiger partial charge in [0.1, 0.15) is 6.04 Å². The Morgan fingerprint density at radius 1 is 1.78 bits per heavy atom. The standard InChI is InChI=1S/C6H11N2O/c1-5-6(9)8(2)4-3-7-5/h5H,3-4H2,1-2H3. The molecule has 0 aromatic rings. The van der Waals surface area contributed by atoms with Gasteiger partial charge in [-0.2, -0.15) is 0 Å². The second-order valence-corrected chi connectivity index (χ2v) is 2.34. The smallest absolute Gasteiger partial charge is 0.240 e. The third-order valence-electron chi connectivity index (χ3n) is 1.57. The van der Waals surface area contributed by atoms with E-state index in [9.17, 15) is 4.79 Å². The summed E-state index contributed by atoms with van der Waals surface area (Å²) in [7, 11) is 1.81. The fraction of sp³-hybridized carbons (Fsp3) is 0.833. The summed E-state index contributed by atoms with van der Waals surface area (Å²) in [5, 5.41) is 4.07. The summed E-state index contributed by atoms with van der Waals surface area (Å²) in [6.45, 7) is 3.41. The molecule has 0 aromatic heterocycles. The first-order chi connectivity index (χ1) is 4.22. The summed E-state index contributed by atoms with van der Waals surface area (Å²) in [6.07, 6.45) is 0. The van der Waals surface area contributed by atoms with Gasteiger partial charge >= 0.3 is 0 Å². The Balaban J connectivity index is 2.52. The van der Waals surface area contributed by atoms with Gasteiger partial charge in [-0.1, -0.05) is 0 Å². The number of rotatable bonds is 0. The molecule has 1 saturated heterocycles. The Kier molecular flexibility index (Phi) is 1.71. The van der Waals surface area contributed by atoms with Crippen molar-refractivity contribution in [3.8, 4) is 0 Å². The number of hydrogen-bond donors (Lipinski definition) is 0. The van der Waals surface area contributed by atoms with Crippen molar-refractivity contribution >= 4 is 5.91 Å². The second kappa shape index (κ2) is 2.35. The molecule has 51 valence electrons. The van der Waals surface area contributed by atoms with Crippen molar-refractivity contribution < 1.29 is 4.79 Å². The van der Waals surface area contributed by atoms with Gasteiger partial charge in [-0.15, -0.1) is 0 Å². The van der Waals surface area contributed by atoms with Gasteiger partial charge in [0, 0.05) is 20.1 Å². The molecular weight excluding hydrogens is 116 g/mol. The number of carbonyl (C=O) groups is 1. The molecule has 0 saturated carbocycles. The molecule has 1 atom stereocenters. The van der Waals surface area contributed by atoms with Crippen LogP contribution in [0.1, 0.15) is 6.92 Å². The molecule has 1 amide bonds. The molecule has 0 bridgehead atoms. The lowest BCUT2D eigenvalue weighted by Gasteiger charge is -2.26. The molecule has 1 aliphatic heterocycles. The third-order valence-corrected chi connectivity index (χ3v) is 1.57. The van der Waals surface area contributed by atoms with E-state index in [4.69, 9.17) is 0 Å². The Morgan fingerprint density at radius 3 is 2.89 bits per heavy atom. The van der Waals surface area contributed by atoms with Gasteiger partial charge in [0.2, 0.25) is 5.91 Å². The molecule has 1 radical (unpaired) electrons. The zero-order valence-electron chi connectivity index (χ0n) is 5.79. The zero-order chi connectivity index (χ0) is 6.85. The van der Waals surface area contributed by atoms with Gasteiger partial charge in [-0.3, -0.25) is 4.79 Å². The van der Waals surface area contributed by atoms with Crippen molar-refractivity contribution in [3.63, 3.8) is 0 Å². The van der Waals surface area contributed by atoms with Crippen LogP contribution in [0.3, 0.4) is 0 Å². The van der Waals surface area contributed by atoms with Crippen LogP contribution in [0.5, 0.6) is 0 Å². The highest BCUT2D eigenvalue weighted by molar-refractivity contribution is 5.81. The first kappa shape index (κ1) is 6.55. The topological polar surface area (TPSA) is 34.4 Å². The monoisotopic (exact) mass is 127 g/mol. The lowest BCUT2D eigenvalue weighted by molar-refractivity contribution is -0.133. The minimum atomic E-state index is -0.108. The van der Waals surface area contributed by atoms with E-state index in [0.29, 0.717) is 0 Å². The van der Waals surface area contributed by atoms with Gasteiger partial charge in [-0.25, -0.2) is 5.32 Å². The minimum absolute atomic E-state index is 0.108. The number of nitrogens with zero attached hydrogens (tertiary/aromatic N) is 2. The van der Waals surface area contributed by atoms with Crippen LogP contribution in [0.4, 0.5) is 0 Å². The maximum Gasteiger partial charge on any atom is 0.240 e. The molecule has 1 unspecified atom stereocenters. The molecule has 0 N–H and O–H groups in total. The molecule has 1 fully saturated rings. The first-order valence-electron chi connectivity index (χ1n) is 3.13. The highest BCUT2D eigenvalue weighted by Gasteiger charge is 2.21. The quantitative estimate of drug-likeness (QED) is 0.430. The Hall–Kier alpha value is -0.570. The minimum Gasteiger partial charge on any atom is -0.343 e. The number of amides is 1. The van der Waals surface area contributed by atoms with Crippen LogP contribution in [-0.2, 0) is 4.79 Å². The molecule has 1 aliphatic rings. The highest BCUT2D eigenvalue weighted by atomic mass is 16.2. The molecule has 0 aliphatic carbocycles. The van der Waals surface area contributed by atoms with Crippen molar-refractivity contribution in [2.45, 2.75) is 13.0 Å². The molecular formula is C6H11N2O. The van der Waals surface area contributed by atoms with Crippen LogP contribution in [0.2, 0.25) is 0 Å². The highest BCUT2D eigenvalue weighted by Crippen LogP contribution is 1.97. The number of piperazine rings is 1. The molecule has 9 heavy (non-hydrogen) atoms. The van der Waals surface area contributed by atoms with E-state index in [2.05, 4.69) is 5.32 Å². The number of hydrogen-bond acceptors (Lipinski definition) is 1. The number of carbonyl (C=O) groups excluding carboxylic acids is 1. The molecule has 3 heteroatoms. The van der Waals surface area contributed by atoms with E-state index in [1.54, 1.807) is 4.90 Å².